The summed E-state index contributed by atoms with van der Waals surface area (Å²) >= 11 is 12.3. The van der Waals surface area contributed by atoms with Gasteiger partial charge in [0.1, 0.15) is 5.82 Å². The number of benzene rings is 2. The van der Waals surface area contributed by atoms with E-state index in [9.17, 15) is 4.79 Å². The lowest BCUT2D eigenvalue weighted by Gasteiger charge is -2.14. The second-order valence-corrected chi connectivity index (χ2v) is 8.40. The number of carbonyl (C=O) groups excluding carboxylic acids is 1. The number of aryl methyl sites for hydroxylation is 1. The smallest absolute Gasteiger partial charge is 0.305 e. The lowest BCUT2D eigenvalue weighted by molar-refractivity contribution is 0.262. The maximum absolute atomic E-state index is 12.6. The van der Waals surface area contributed by atoms with E-state index in [0.29, 0.717) is 21.6 Å². The van der Waals surface area contributed by atoms with Crippen molar-refractivity contribution in [3.05, 3.63) is 69.8 Å². The molecular formula is C21H22Cl2N4O. The summed E-state index contributed by atoms with van der Waals surface area (Å²) in [7, 11) is 0. The molecule has 0 bridgehead atoms. The predicted octanol–water partition coefficient (Wildman–Crippen LogP) is 6.43. The van der Waals surface area contributed by atoms with Crippen LogP contribution in [0, 0.1) is 6.92 Å². The number of carbonyl (C=O) groups is 1. The molecule has 1 heterocycles. The van der Waals surface area contributed by atoms with Gasteiger partial charge < -0.3 is 5.32 Å². The minimum atomic E-state index is -0.455. The number of urea groups is 1. The van der Waals surface area contributed by atoms with Gasteiger partial charge in [-0.1, -0.05) is 67.7 Å². The molecule has 3 aromatic rings. The highest BCUT2D eigenvalue weighted by Gasteiger charge is 2.22. The van der Waals surface area contributed by atoms with E-state index in [4.69, 9.17) is 28.3 Å². The van der Waals surface area contributed by atoms with Crippen LogP contribution in [0.15, 0.2) is 48.5 Å². The Morgan fingerprint density at radius 2 is 1.61 bits per heavy atom. The van der Waals surface area contributed by atoms with Gasteiger partial charge in [0.05, 0.1) is 27.1 Å². The third kappa shape index (κ3) is 4.49. The molecule has 0 saturated heterocycles. The van der Waals surface area contributed by atoms with Gasteiger partial charge in [-0.25, -0.2) is 9.48 Å². The molecule has 0 aliphatic rings. The fourth-order valence-corrected chi connectivity index (χ4v) is 3.09. The van der Waals surface area contributed by atoms with Gasteiger partial charge in [0, 0.05) is 11.5 Å². The highest BCUT2D eigenvalue weighted by atomic mass is 35.5. The van der Waals surface area contributed by atoms with Crippen molar-refractivity contribution in [1.29, 1.82) is 0 Å². The molecule has 2 N–H and O–H groups in total. The normalized spacial score (nSPS) is 11.4. The molecular weight excluding hydrogens is 395 g/mol. The Morgan fingerprint density at radius 1 is 1.00 bits per heavy atom. The van der Waals surface area contributed by atoms with Crippen LogP contribution >= 0.6 is 23.2 Å². The highest BCUT2D eigenvalue weighted by Crippen LogP contribution is 2.30. The molecule has 3 rings (SSSR count). The Kier molecular flexibility index (Phi) is 5.68. The van der Waals surface area contributed by atoms with Gasteiger partial charge in [-0.05, 0) is 31.2 Å². The summed E-state index contributed by atoms with van der Waals surface area (Å²) in [5.41, 5.74) is 3.05. The van der Waals surface area contributed by atoms with Crippen LogP contribution in [-0.2, 0) is 5.41 Å². The van der Waals surface area contributed by atoms with Crippen LogP contribution < -0.4 is 10.6 Å². The molecule has 0 aliphatic carbocycles. The third-order valence-electron chi connectivity index (χ3n) is 4.20. The minimum absolute atomic E-state index is 0.172. The number of amides is 2. The van der Waals surface area contributed by atoms with Gasteiger partial charge in [-0.3, -0.25) is 5.32 Å². The number of anilines is 2. The van der Waals surface area contributed by atoms with Gasteiger partial charge >= 0.3 is 6.03 Å². The molecule has 0 saturated carbocycles. The minimum Gasteiger partial charge on any atom is -0.305 e. The molecule has 1 aromatic heterocycles. The molecule has 0 spiro atoms. The summed E-state index contributed by atoms with van der Waals surface area (Å²) in [6, 6.07) is 14.4. The fourth-order valence-electron chi connectivity index (χ4n) is 2.60. The predicted molar refractivity (Wildman–Crippen MR) is 116 cm³/mol. The van der Waals surface area contributed by atoms with Crippen molar-refractivity contribution < 1.29 is 4.79 Å². The van der Waals surface area contributed by atoms with Crippen molar-refractivity contribution in [2.24, 2.45) is 0 Å². The molecule has 5 nitrogen and oxygen atoms in total. The summed E-state index contributed by atoms with van der Waals surface area (Å²) in [5, 5.41) is 11.0. The van der Waals surface area contributed by atoms with Crippen LogP contribution in [0.2, 0.25) is 10.0 Å². The van der Waals surface area contributed by atoms with Crippen molar-refractivity contribution in [1.82, 2.24) is 9.78 Å². The number of hydrogen-bond donors (Lipinski definition) is 2. The molecule has 146 valence electrons. The van der Waals surface area contributed by atoms with Crippen LogP contribution in [-0.4, -0.2) is 15.8 Å². The van der Waals surface area contributed by atoms with E-state index >= 15 is 0 Å². The first-order valence-corrected chi connectivity index (χ1v) is 9.60. The summed E-state index contributed by atoms with van der Waals surface area (Å²) in [4.78, 5) is 12.6. The van der Waals surface area contributed by atoms with Crippen molar-refractivity contribution in [3.63, 3.8) is 0 Å². The lowest BCUT2D eigenvalue weighted by atomic mass is 9.92. The molecule has 0 atom stereocenters. The first kappa shape index (κ1) is 20.2. The average Bonchev–Trinajstić information content (AvgIpc) is 3.03. The first-order chi connectivity index (χ1) is 13.1. The van der Waals surface area contributed by atoms with Gasteiger partial charge in [0.2, 0.25) is 0 Å². The van der Waals surface area contributed by atoms with Gasteiger partial charge in [-0.15, -0.1) is 0 Å². The van der Waals surface area contributed by atoms with E-state index in [-0.39, 0.29) is 5.41 Å². The average molecular weight is 417 g/mol. The second-order valence-electron chi connectivity index (χ2n) is 7.59. The highest BCUT2D eigenvalue weighted by molar-refractivity contribution is 6.39. The Balaban J connectivity index is 1.93. The summed E-state index contributed by atoms with van der Waals surface area (Å²) in [6.45, 7) is 8.24. The number of rotatable bonds is 3. The zero-order valence-electron chi connectivity index (χ0n) is 16.2. The SMILES string of the molecule is Cc1ccc(-n2nc(C(C)(C)C)cc2NC(=O)Nc2c(Cl)cccc2Cl)cc1. The summed E-state index contributed by atoms with van der Waals surface area (Å²) < 4.78 is 1.72. The number of nitrogens with one attached hydrogen (secondary N) is 2. The molecule has 0 aliphatic heterocycles. The second kappa shape index (κ2) is 7.86. The Morgan fingerprint density at radius 3 is 2.18 bits per heavy atom. The van der Waals surface area contributed by atoms with Crippen LogP contribution in [0.25, 0.3) is 5.69 Å². The fraction of sp³-hybridized carbons (Fsp3) is 0.238. The van der Waals surface area contributed by atoms with Crippen molar-refractivity contribution in [2.45, 2.75) is 33.1 Å². The van der Waals surface area contributed by atoms with Crippen LogP contribution in [0.5, 0.6) is 0 Å². The van der Waals surface area contributed by atoms with E-state index in [2.05, 4.69) is 31.4 Å². The number of para-hydroxylation sites is 1. The largest absolute Gasteiger partial charge is 0.324 e. The Hall–Kier alpha value is -2.50. The standard InChI is InChI=1S/C21H22Cl2N4O/c1-13-8-10-14(11-9-13)27-18(12-17(26-27)21(2,3)4)24-20(28)25-19-15(22)6-5-7-16(19)23/h5-12H,1-4H3,(H2,24,25,28). The van der Waals surface area contributed by atoms with Crippen molar-refractivity contribution in [3.8, 4) is 5.69 Å². The Bertz CT molecular complexity index is 984. The molecule has 2 aromatic carbocycles. The van der Waals surface area contributed by atoms with E-state index < -0.39 is 6.03 Å². The molecule has 28 heavy (non-hydrogen) atoms. The topological polar surface area (TPSA) is 59.0 Å². The lowest BCUT2D eigenvalue weighted by Crippen LogP contribution is -2.21. The maximum atomic E-state index is 12.6. The summed E-state index contributed by atoms with van der Waals surface area (Å²) in [5.74, 6) is 0.550. The van der Waals surface area contributed by atoms with Gasteiger partial charge in [0.25, 0.3) is 0 Å². The monoisotopic (exact) mass is 416 g/mol. The quantitative estimate of drug-likeness (QED) is 0.516. The molecule has 0 unspecified atom stereocenters. The van der Waals surface area contributed by atoms with Crippen molar-refractivity contribution >= 4 is 40.7 Å². The number of nitrogens with zero attached hydrogens (tertiary/aromatic N) is 2. The van der Waals surface area contributed by atoms with Crippen LogP contribution in [0.1, 0.15) is 32.0 Å². The third-order valence-corrected chi connectivity index (χ3v) is 4.83. The van der Waals surface area contributed by atoms with E-state index in [1.54, 1.807) is 22.9 Å². The molecule has 2 amide bonds. The number of halogens is 2. The van der Waals surface area contributed by atoms with Crippen LogP contribution in [0.3, 0.4) is 0 Å². The Labute approximate surface area is 174 Å². The van der Waals surface area contributed by atoms with Gasteiger partial charge in [0.15, 0.2) is 0 Å². The van der Waals surface area contributed by atoms with E-state index in [0.717, 1.165) is 16.9 Å². The first-order valence-electron chi connectivity index (χ1n) is 8.85. The van der Waals surface area contributed by atoms with Crippen LogP contribution in [0.4, 0.5) is 16.3 Å². The number of aromatic nitrogens is 2. The van der Waals surface area contributed by atoms with E-state index in [1.807, 2.05) is 37.3 Å². The maximum Gasteiger partial charge on any atom is 0.324 e. The zero-order valence-corrected chi connectivity index (χ0v) is 17.7. The summed E-state index contributed by atoms with van der Waals surface area (Å²) in [6.07, 6.45) is 0. The van der Waals surface area contributed by atoms with E-state index in [1.165, 1.54) is 0 Å². The molecule has 7 heteroatoms. The number of hydrogen-bond acceptors (Lipinski definition) is 2. The molecule has 0 radical (unpaired) electrons. The van der Waals surface area contributed by atoms with Crippen molar-refractivity contribution in [2.75, 3.05) is 10.6 Å². The zero-order chi connectivity index (χ0) is 20.5. The van der Waals surface area contributed by atoms with Gasteiger partial charge in [-0.2, -0.15) is 5.10 Å². The molecule has 0 fully saturated rings.